The van der Waals surface area contributed by atoms with Gasteiger partial charge >= 0.3 is 0 Å². The van der Waals surface area contributed by atoms with Gasteiger partial charge in [0.05, 0.1) is 22.7 Å². The number of benzene rings is 2. The minimum Gasteiger partial charge on any atom is -0.457 e. The first-order valence-corrected chi connectivity index (χ1v) is 6.77. The number of hydrogen-bond acceptors (Lipinski definition) is 4. The number of ether oxygens (including phenoxy) is 1. The lowest BCUT2D eigenvalue weighted by Gasteiger charge is -2.14. The van der Waals surface area contributed by atoms with Crippen LogP contribution in [0.1, 0.15) is 18.6 Å². The number of nitro benzene ring substituents is 1. The molecule has 0 aromatic heterocycles. The normalized spacial score (nSPS) is 12.0. The van der Waals surface area contributed by atoms with E-state index in [9.17, 15) is 19.6 Å². The van der Waals surface area contributed by atoms with E-state index in [1.54, 1.807) is 0 Å². The molecule has 0 saturated heterocycles. The van der Waals surface area contributed by atoms with E-state index in [0.29, 0.717) is 4.47 Å². The molecule has 0 bridgehead atoms. The zero-order valence-corrected chi connectivity index (χ0v) is 12.5. The number of aliphatic hydroxyl groups excluding tert-OH is 1. The van der Waals surface area contributed by atoms with Crippen molar-refractivity contribution in [3.05, 3.63) is 62.4 Å². The molecule has 0 saturated carbocycles. The van der Waals surface area contributed by atoms with Crippen LogP contribution in [0, 0.1) is 15.9 Å². The Balaban J connectivity index is 2.43. The lowest BCUT2D eigenvalue weighted by Crippen LogP contribution is -2.00. The summed E-state index contributed by atoms with van der Waals surface area (Å²) in [5, 5.41) is 20.4. The summed E-state index contributed by atoms with van der Waals surface area (Å²) in [5.74, 6) is -0.326. The van der Waals surface area contributed by atoms with Crippen LogP contribution >= 0.6 is 15.9 Å². The molecular weight excluding hydrogens is 345 g/mol. The molecule has 7 heteroatoms. The Bertz CT molecular complexity index is 691. The molecule has 110 valence electrons. The lowest BCUT2D eigenvalue weighted by molar-refractivity contribution is -0.385. The van der Waals surface area contributed by atoms with Gasteiger partial charge in [0.25, 0.3) is 5.69 Å². The van der Waals surface area contributed by atoms with Crippen molar-refractivity contribution in [2.75, 3.05) is 0 Å². The van der Waals surface area contributed by atoms with Crippen molar-refractivity contribution in [3.8, 4) is 11.5 Å². The fraction of sp³-hybridized carbons (Fsp3) is 0.143. The molecule has 0 fully saturated rings. The average molecular weight is 356 g/mol. The van der Waals surface area contributed by atoms with Crippen molar-refractivity contribution in [1.29, 1.82) is 0 Å². The molecule has 0 heterocycles. The minimum absolute atomic E-state index is 0.000119. The van der Waals surface area contributed by atoms with Crippen LogP contribution in [0.3, 0.4) is 0 Å². The third-order valence-corrected chi connectivity index (χ3v) is 3.18. The molecule has 0 aliphatic rings. The number of nitrogens with zero attached hydrogens (tertiary/aromatic N) is 1. The van der Waals surface area contributed by atoms with Crippen LogP contribution in [0.5, 0.6) is 11.5 Å². The molecule has 0 aliphatic heterocycles. The van der Waals surface area contributed by atoms with E-state index in [2.05, 4.69) is 15.9 Å². The molecular formula is C14H11BrFNO4. The van der Waals surface area contributed by atoms with Crippen molar-refractivity contribution in [1.82, 2.24) is 0 Å². The van der Waals surface area contributed by atoms with Gasteiger partial charge in [0.1, 0.15) is 17.3 Å². The van der Waals surface area contributed by atoms with Crippen LogP contribution in [-0.2, 0) is 0 Å². The summed E-state index contributed by atoms with van der Waals surface area (Å²) in [5.41, 5.74) is -0.158. The molecule has 1 N–H and O–H groups in total. The Morgan fingerprint density at radius 3 is 2.71 bits per heavy atom. The molecule has 2 aromatic carbocycles. The van der Waals surface area contributed by atoms with Crippen molar-refractivity contribution in [2.45, 2.75) is 13.0 Å². The average Bonchev–Trinajstić information content (AvgIpc) is 2.37. The Kier molecular flexibility index (Phi) is 4.54. The van der Waals surface area contributed by atoms with Crippen molar-refractivity contribution >= 4 is 21.6 Å². The van der Waals surface area contributed by atoms with Gasteiger partial charge < -0.3 is 9.84 Å². The van der Waals surface area contributed by atoms with Crippen molar-refractivity contribution in [2.24, 2.45) is 0 Å². The number of hydrogen-bond donors (Lipinski definition) is 1. The monoisotopic (exact) mass is 355 g/mol. The van der Waals surface area contributed by atoms with E-state index < -0.39 is 16.8 Å². The van der Waals surface area contributed by atoms with Crippen molar-refractivity contribution < 1.29 is 19.2 Å². The van der Waals surface area contributed by atoms with Gasteiger partial charge in [-0.3, -0.25) is 10.1 Å². The highest BCUT2D eigenvalue weighted by Crippen LogP contribution is 2.34. The van der Waals surface area contributed by atoms with E-state index in [0.717, 1.165) is 0 Å². The molecule has 1 unspecified atom stereocenters. The first-order chi connectivity index (χ1) is 9.88. The third-order valence-electron chi connectivity index (χ3n) is 2.73. The number of non-ortho nitro benzene ring substituents is 1. The molecule has 0 spiro atoms. The first-order valence-electron chi connectivity index (χ1n) is 5.98. The first kappa shape index (κ1) is 15.4. The number of nitro groups is 1. The van der Waals surface area contributed by atoms with Crippen LogP contribution in [0.2, 0.25) is 0 Å². The highest BCUT2D eigenvalue weighted by Gasteiger charge is 2.17. The zero-order chi connectivity index (χ0) is 15.6. The maximum atomic E-state index is 13.7. The summed E-state index contributed by atoms with van der Waals surface area (Å²) in [4.78, 5) is 10.3. The Morgan fingerprint density at radius 2 is 2.10 bits per heavy atom. The maximum Gasteiger partial charge on any atom is 0.274 e. The molecule has 0 radical (unpaired) electrons. The molecule has 2 rings (SSSR count). The summed E-state index contributed by atoms with van der Waals surface area (Å²) in [6, 6.07) is 8.19. The number of halogens is 2. The van der Waals surface area contributed by atoms with Crippen LogP contribution in [0.15, 0.2) is 40.9 Å². The molecule has 5 nitrogen and oxygen atoms in total. The predicted molar refractivity (Wildman–Crippen MR) is 77.9 cm³/mol. The van der Waals surface area contributed by atoms with E-state index in [1.807, 2.05) is 0 Å². The molecule has 0 aliphatic carbocycles. The van der Waals surface area contributed by atoms with E-state index in [4.69, 9.17) is 4.74 Å². The highest BCUT2D eigenvalue weighted by molar-refractivity contribution is 9.10. The summed E-state index contributed by atoms with van der Waals surface area (Å²) in [6.07, 6.45) is -1.07. The summed E-state index contributed by atoms with van der Waals surface area (Å²) >= 11 is 3.15. The zero-order valence-electron chi connectivity index (χ0n) is 10.9. The SMILES string of the molecule is CC(O)c1c(F)cccc1Oc1cc(Br)cc([N+](=O)[O-])c1. The van der Waals surface area contributed by atoms with Crippen molar-refractivity contribution in [3.63, 3.8) is 0 Å². The molecule has 21 heavy (non-hydrogen) atoms. The second kappa shape index (κ2) is 6.19. The largest absolute Gasteiger partial charge is 0.457 e. The summed E-state index contributed by atoms with van der Waals surface area (Å²) in [6.45, 7) is 1.41. The van der Waals surface area contributed by atoms with Gasteiger partial charge in [0, 0.05) is 10.5 Å². The number of aliphatic hydroxyl groups is 1. The van der Waals surface area contributed by atoms with E-state index in [1.165, 1.54) is 43.3 Å². The molecule has 1 atom stereocenters. The van der Waals surface area contributed by atoms with Crippen LogP contribution in [0.4, 0.5) is 10.1 Å². The smallest absolute Gasteiger partial charge is 0.274 e. The van der Waals surface area contributed by atoms with Gasteiger partial charge in [0.2, 0.25) is 0 Å². The van der Waals surface area contributed by atoms with E-state index >= 15 is 0 Å². The number of rotatable bonds is 4. The Labute approximate surface area is 128 Å². The predicted octanol–water partition coefficient (Wildman–Crippen LogP) is 4.34. The highest BCUT2D eigenvalue weighted by atomic mass is 79.9. The van der Waals surface area contributed by atoms with Gasteiger partial charge in [-0.05, 0) is 25.1 Å². The standard InChI is InChI=1S/C14H11BrFNO4/c1-8(18)14-12(16)3-2-4-13(14)21-11-6-9(15)5-10(7-11)17(19)20/h2-8,18H,1H3. The van der Waals surface area contributed by atoms with Gasteiger partial charge in [-0.15, -0.1) is 0 Å². The Hall–Kier alpha value is -1.99. The van der Waals surface area contributed by atoms with E-state index in [-0.39, 0.29) is 22.7 Å². The van der Waals surface area contributed by atoms with Gasteiger partial charge in [0.15, 0.2) is 0 Å². The molecule has 0 amide bonds. The van der Waals surface area contributed by atoms with Crippen LogP contribution in [0.25, 0.3) is 0 Å². The quantitative estimate of drug-likeness (QED) is 0.653. The second-order valence-electron chi connectivity index (χ2n) is 4.33. The third kappa shape index (κ3) is 3.56. The maximum absolute atomic E-state index is 13.7. The van der Waals surface area contributed by atoms with Gasteiger partial charge in [-0.2, -0.15) is 0 Å². The van der Waals surface area contributed by atoms with Gasteiger partial charge in [-0.1, -0.05) is 22.0 Å². The summed E-state index contributed by atoms with van der Waals surface area (Å²) in [7, 11) is 0. The molecule has 2 aromatic rings. The van der Waals surface area contributed by atoms with Crippen LogP contribution < -0.4 is 4.74 Å². The fourth-order valence-electron chi connectivity index (χ4n) is 1.85. The topological polar surface area (TPSA) is 72.6 Å². The fourth-order valence-corrected chi connectivity index (χ4v) is 2.31. The van der Waals surface area contributed by atoms with Gasteiger partial charge in [-0.25, -0.2) is 4.39 Å². The Morgan fingerprint density at radius 1 is 1.38 bits per heavy atom. The lowest BCUT2D eigenvalue weighted by atomic mass is 10.1. The second-order valence-corrected chi connectivity index (χ2v) is 5.25. The van der Waals surface area contributed by atoms with Crippen LogP contribution in [-0.4, -0.2) is 10.0 Å². The minimum atomic E-state index is -1.07. The summed E-state index contributed by atoms with van der Waals surface area (Å²) < 4.78 is 19.7.